The van der Waals surface area contributed by atoms with Crippen molar-refractivity contribution in [2.24, 2.45) is 0 Å². The molecule has 3 aromatic heterocycles. The molecule has 6 rings (SSSR count). The number of carbonyl (C=O) groups excluding carboxylic acids is 2. The number of rotatable bonds is 6. The maximum absolute atomic E-state index is 12.8. The van der Waals surface area contributed by atoms with Crippen LogP contribution in [-0.2, 0) is 4.74 Å². The highest BCUT2D eigenvalue weighted by molar-refractivity contribution is 5.94. The molecule has 10 heteroatoms. The summed E-state index contributed by atoms with van der Waals surface area (Å²) in [4.78, 5) is 35.9. The topological polar surface area (TPSA) is 113 Å². The molecule has 0 bridgehead atoms. The summed E-state index contributed by atoms with van der Waals surface area (Å²) < 4.78 is 7.29. The second-order valence-corrected chi connectivity index (χ2v) is 9.61. The third kappa shape index (κ3) is 5.03. The second-order valence-electron chi connectivity index (χ2n) is 9.61. The highest BCUT2D eigenvalue weighted by atomic mass is 16.5. The number of fused-ring (bicyclic) bond motifs is 1. The van der Waals surface area contributed by atoms with Crippen LogP contribution < -0.4 is 16.0 Å². The number of hydrogen-bond donors (Lipinski definition) is 3. The quantitative estimate of drug-likeness (QED) is 0.358. The summed E-state index contributed by atoms with van der Waals surface area (Å²) in [5.74, 6) is 0.564. The zero-order valence-corrected chi connectivity index (χ0v) is 21.1. The van der Waals surface area contributed by atoms with Crippen LogP contribution in [0.15, 0.2) is 61.2 Å². The molecule has 1 aliphatic carbocycles. The first kappa shape index (κ1) is 23.9. The predicted octanol–water partition coefficient (Wildman–Crippen LogP) is 4.20. The minimum absolute atomic E-state index is 0.0419. The molecule has 0 atom stereocenters. The van der Waals surface area contributed by atoms with Crippen LogP contribution in [-0.4, -0.2) is 63.6 Å². The summed E-state index contributed by atoms with van der Waals surface area (Å²) >= 11 is 0. The van der Waals surface area contributed by atoms with E-state index < -0.39 is 0 Å². The molecule has 1 aromatic carbocycles. The van der Waals surface area contributed by atoms with E-state index in [1.165, 1.54) is 0 Å². The van der Waals surface area contributed by atoms with Crippen molar-refractivity contribution in [3.63, 3.8) is 0 Å². The smallest absolute Gasteiger partial charge is 0.319 e. The van der Waals surface area contributed by atoms with Gasteiger partial charge < -0.3 is 30.0 Å². The van der Waals surface area contributed by atoms with E-state index in [9.17, 15) is 9.59 Å². The number of urea groups is 1. The molecule has 0 unspecified atom stereocenters. The molecule has 2 fully saturated rings. The Morgan fingerprint density at radius 1 is 1.05 bits per heavy atom. The summed E-state index contributed by atoms with van der Waals surface area (Å²) in [7, 11) is 0. The van der Waals surface area contributed by atoms with Crippen LogP contribution in [0.3, 0.4) is 0 Å². The van der Waals surface area contributed by atoms with E-state index in [1.54, 1.807) is 29.4 Å². The fourth-order valence-corrected chi connectivity index (χ4v) is 4.61. The molecule has 0 radical (unpaired) electrons. The third-order valence-electron chi connectivity index (χ3n) is 6.86. The number of nitrogens with one attached hydrogen (secondary N) is 3. The molecule has 10 nitrogen and oxygen atoms in total. The molecule has 4 aromatic rings. The number of carbonyl (C=O) groups is 2. The first-order chi connectivity index (χ1) is 18.5. The summed E-state index contributed by atoms with van der Waals surface area (Å²) in [5, 5.41) is 9.31. The molecule has 1 saturated heterocycles. The van der Waals surface area contributed by atoms with Crippen LogP contribution in [0.2, 0.25) is 0 Å². The molecule has 4 heterocycles. The molecule has 194 valence electrons. The average molecular weight is 512 g/mol. The van der Waals surface area contributed by atoms with E-state index >= 15 is 0 Å². The van der Waals surface area contributed by atoms with Gasteiger partial charge in [0, 0.05) is 55.2 Å². The number of ether oxygens (including phenoxy) is 1. The van der Waals surface area contributed by atoms with Gasteiger partial charge in [0.15, 0.2) is 5.65 Å². The summed E-state index contributed by atoms with van der Waals surface area (Å²) in [5.41, 5.74) is 5.75. The molecule has 38 heavy (non-hydrogen) atoms. The number of imidazole rings is 1. The predicted molar refractivity (Wildman–Crippen MR) is 145 cm³/mol. The van der Waals surface area contributed by atoms with Crippen LogP contribution in [0.4, 0.5) is 22.0 Å². The van der Waals surface area contributed by atoms with E-state index in [0.29, 0.717) is 37.7 Å². The van der Waals surface area contributed by atoms with Gasteiger partial charge in [-0.3, -0.25) is 4.79 Å². The number of benzene rings is 1. The van der Waals surface area contributed by atoms with E-state index in [2.05, 4.69) is 25.9 Å². The lowest BCUT2D eigenvalue weighted by atomic mass is 10.00. The Hall–Kier alpha value is -4.44. The highest BCUT2D eigenvalue weighted by Crippen LogP contribution is 2.32. The molecule has 3 amide bonds. The number of amides is 3. The van der Waals surface area contributed by atoms with Crippen LogP contribution in [0.1, 0.15) is 28.8 Å². The van der Waals surface area contributed by atoms with Crippen molar-refractivity contribution in [3.8, 4) is 11.1 Å². The fraction of sp³-hybridized carbons (Fsp3) is 0.286. The zero-order chi connectivity index (χ0) is 26.1. The Morgan fingerprint density at radius 2 is 1.89 bits per heavy atom. The second kappa shape index (κ2) is 10.1. The van der Waals surface area contributed by atoms with Gasteiger partial charge in [0.05, 0.1) is 24.5 Å². The summed E-state index contributed by atoms with van der Waals surface area (Å²) in [6.07, 6.45) is 9.32. The number of pyridine rings is 2. The molecular formula is C28H29N7O3. The van der Waals surface area contributed by atoms with Crippen molar-refractivity contribution in [2.75, 3.05) is 36.9 Å². The average Bonchev–Trinajstić information content (AvgIpc) is 3.62. The third-order valence-corrected chi connectivity index (χ3v) is 6.86. The van der Waals surface area contributed by atoms with Crippen molar-refractivity contribution in [1.82, 2.24) is 24.6 Å². The minimum Gasteiger partial charge on any atom is -0.378 e. The largest absolute Gasteiger partial charge is 0.378 e. The van der Waals surface area contributed by atoms with Gasteiger partial charge in [-0.15, -0.1) is 0 Å². The normalized spacial score (nSPS) is 15.3. The Balaban J connectivity index is 1.25. The fourth-order valence-electron chi connectivity index (χ4n) is 4.61. The first-order valence-corrected chi connectivity index (χ1v) is 12.8. The van der Waals surface area contributed by atoms with Crippen LogP contribution >= 0.6 is 0 Å². The number of aromatic nitrogens is 3. The van der Waals surface area contributed by atoms with Crippen LogP contribution in [0, 0.1) is 6.92 Å². The number of morpholine rings is 1. The van der Waals surface area contributed by atoms with Crippen LogP contribution in [0.25, 0.3) is 16.8 Å². The van der Waals surface area contributed by atoms with Crippen molar-refractivity contribution in [1.29, 1.82) is 0 Å². The standard InChI is InChI=1S/C28H29N7O3/c1-18-22(3-2-4-23(18)33-28(37)31-21-6-7-21)20-15-24(26-29-9-10-35(26)17-20)32-25-8-5-19(16-30-25)27(36)34-11-13-38-14-12-34/h2-5,8-10,15-17,21H,6-7,11-14H2,1H3,(H,30,32)(H2,31,33,37). The van der Waals surface area contributed by atoms with Gasteiger partial charge in [0.1, 0.15) is 5.82 Å². The Morgan fingerprint density at radius 3 is 2.66 bits per heavy atom. The van der Waals surface area contributed by atoms with Crippen molar-refractivity contribution in [2.45, 2.75) is 25.8 Å². The SMILES string of the molecule is Cc1c(NC(=O)NC2CC2)cccc1-c1cc(Nc2ccc(C(=O)N3CCOCC3)cn2)c2nccn2c1. The Kier molecular flexibility index (Phi) is 6.38. The van der Waals surface area contributed by atoms with Gasteiger partial charge in [0.2, 0.25) is 0 Å². The zero-order valence-electron chi connectivity index (χ0n) is 21.1. The van der Waals surface area contributed by atoms with Crippen LogP contribution in [0.5, 0.6) is 0 Å². The molecule has 3 N–H and O–H groups in total. The highest BCUT2D eigenvalue weighted by Gasteiger charge is 2.23. The van der Waals surface area contributed by atoms with E-state index in [4.69, 9.17) is 4.74 Å². The lowest BCUT2D eigenvalue weighted by molar-refractivity contribution is 0.0302. The van der Waals surface area contributed by atoms with Crippen molar-refractivity contribution in [3.05, 3.63) is 72.3 Å². The Bertz CT molecular complexity index is 1490. The Labute approximate surface area is 220 Å². The lowest BCUT2D eigenvalue weighted by Gasteiger charge is -2.26. The van der Waals surface area contributed by atoms with Gasteiger partial charge in [0.25, 0.3) is 5.91 Å². The maximum Gasteiger partial charge on any atom is 0.319 e. The van der Waals surface area contributed by atoms with E-state index in [-0.39, 0.29) is 18.0 Å². The number of nitrogens with zero attached hydrogens (tertiary/aromatic N) is 4. The first-order valence-electron chi connectivity index (χ1n) is 12.8. The molecule has 1 saturated carbocycles. The van der Waals surface area contributed by atoms with E-state index in [1.807, 2.05) is 48.0 Å². The monoisotopic (exact) mass is 511 g/mol. The van der Waals surface area contributed by atoms with Gasteiger partial charge >= 0.3 is 6.03 Å². The molecule has 2 aliphatic rings. The van der Waals surface area contributed by atoms with Gasteiger partial charge in [-0.2, -0.15) is 0 Å². The van der Waals surface area contributed by atoms with E-state index in [0.717, 1.165) is 46.6 Å². The number of anilines is 3. The molecule has 1 aliphatic heterocycles. The summed E-state index contributed by atoms with van der Waals surface area (Å²) in [6.45, 7) is 4.29. The van der Waals surface area contributed by atoms with Gasteiger partial charge in [-0.25, -0.2) is 14.8 Å². The molecular weight excluding hydrogens is 482 g/mol. The van der Waals surface area contributed by atoms with Crippen molar-refractivity contribution >= 4 is 34.8 Å². The number of hydrogen-bond acceptors (Lipinski definition) is 6. The minimum atomic E-state index is -0.179. The van der Waals surface area contributed by atoms with Gasteiger partial charge in [-0.1, -0.05) is 12.1 Å². The summed E-state index contributed by atoms with van der Waals surface area (Å²) in [6, 6.07) is 11.6. The lowest BCUT2D eigenvalue weighted by Crippen LogP contribution is -2.40. The van der Waals surface area contributed by atoms with Crippen molar-refractivity contribution < 1.29 is 14.3 Å². The maximum atomic E-state index is 12.8. The molecule has 0 spiro atoms. The van der Waals surface area contributed by atoms with Gasteiger partial charge in [-0.05, 0) is 55.2 Å².